The second-order valence-corrected chi connectivity index (χ2v) is 14.2. The number of hydrogen-bond acceptors (Lipinski definition) is 4. The molecule has 0 aliphatic rings. The molecule has 57 heavy (non-hydrogen) atoms. The van der Waals surface area contributed by atoms with Crippen molar-refractivity contribution in [1.82, 2.24) is 9.97 Å². The van der Waals surface area contributed by atoms with Gasteiger partial charge in [-0.25, -0.2) is 4.98 Å². The maximum atomic E-state index is 7.03. The van der Waals surface area contributed by atoms with Gasteiger partial charge >= 0.3 is 0 Å². The fourth-order valence-electron chi connectivity index (χ4n) is 7.38. The van der Waals surface area contributed by atoms with Gasteiger partial charge in [0.2, 0.25) is 0 Å². The highest BCUT2D eigenvalue weighted by Crippen LogP contribution is 2.38. The molecule has 3 N–H and O–H groups in total. The summed E-state index contributed by atoms with van der Waals surface area (Å²) in [5.41, 5.74) is 23.6. The minimum atomic E-state index is -0.334. The third kappa shape index (κ3) is 7.90. The smallest absolute Gasteiger partial charge is 0.0716 e. The third-order valence-electron chi connectivity index (χ3n) is 10.4. The van der Waals surface area contributed by atoms with Crippen LogP contribution in [0.15, 0.2) is 219 Å². The maximum absolute atomic E-state index is 7.03. The first-order valence-electron chi connectivity index (χ1n) is 19.2. The number of nitrogens with two attached hydrogens (primary N) is 1. The number of nitrogens with zero attached hydrogens (tertiary/aromatic N) is 2. The predicted octanol–water partition coefficient (Wildman–Crippen LogP) is 13.3. The molecule has 0 fully saturated rings. The van der Waals surface area contributed by atoms with Crippen LogP contribution in [0.5, 0.6) is 0 Å². The van der Waals surface area contributed by atoms with Crippen molar-refractivity contribution >= 4 is 11.4 Å². The lowest BCUT2D eigenvalue weighted by Gasteiger charge is -2.21. The summed E-state index contributed by atoms with van der Waals surface area (Å²) < 4.78 is 0. The molecule has 2 aromatic heterocycles. The van der Waals surface area contributed by atoms with Crippen LogP contribution in [0.25, 0.3) is 67.0 Å². The summed E-state index contributed by atoms with van der Waals surface area (Å²) in [5, 5.41) is 3.84. The molecule has 2 heterocycles. The average Bonchev–Trinajstić information content (AvgIpc) is 3.30. The van der Waals surface area contributed by atoms with E-state index >= 15 is 0 Å². The fourth-order valence-corrected chi connectivity index (χ4v) is 7.38. The van der Waals surface area contributed by atoms with Gasteiger partial charge in [0, 0.05) is 40.5 Å². The van der Waals surface area contributed by atoms with Crippen molar-refractivity contribution in [3.05, 3.63) is 230 Å². The van der Waals surface area contributed by atoms with Crippen molar-refractivity contribution < 1.29 is 0 Å². The Morgan fingerprint density at radius 1 is 0.386 bits per heavy atom. The lowest BCUT2D eigenvalue weighted by atomic mass is 9.94. The molecule has 272 valence electrons. The summed E-state index contributed by atoms with van der Waals surface area (Å²) in [5.74, 6) is 0. The zero-order valence-corrected chi connectivity index (χ0v) is 31.3. The number of hydrogen-bond donors (Lipinski definition) is 2. The quantitative estimate of drug-likeness (QED) is 0.147. The van der Waals surface area contributed by atoms with Crippen LogP contribution >= 0.6 is 0 Å². The highest BCUT2D eigenvalue weighted by molar-refractivity contribution is 5.84. The molecule has 1 atom stereocenters. The van der Waals surface area contributed by atoms with Gasteiger partial charge in [-0.1, -0.05) is 164 Å². The zero-order chi connectivity index (χ0) is 38.4. The van der Waals surface area contributed by atoms with Gasteiger partial charge in [-0.3, -0.25) is 4.98 Å². The Balaban J connectivity index is 1.19. The van der Waals surface area contributed by atoms with E-state index < -0.39 is 0 Å². The molecule has 1 unspecified atom stereocenters. The van der Waals surface area contributed by atoms with E-state index in [0.717, 1.165) is 78.4 Å². The maximum Gasteiger partial charge on any atom is 0.0716 e. The van der Waals surface area contributed by atoms with E-state index in [-0.39, 0.29) is 6.04 Å². The Morgan fingerprint density at radius 2 is 0.877 bits per heavy atom. The Bertz CT molecular complexity index is 2740. The van der Waals surface area contributed by atoms with Gasteiger partial charge < -0.3 is 11.1 Å². The lowest BCUT2D eigenvalue weighted by molar-refractivity contribution is 0.874. The van der Waals surface area contributed by atoms with Crippen LogP contribution < -0.4 is 11.1 Å². The number of pyridine rings is 2. The van der Waals surface area contributed by atoms with Crippen molar-refractivity contribution in [3.8, 4) is 67.0 Å². The van der Waals surface area contributed by atoms with Gasteiger partial charge in [0.25, 0.3) is 0 Å². The molecule has 9 rings (SSSR count). The highest BCUT2D eigenvalue weighted by Gasteiger charge is 2.17. The monoisotopic (exact) mass is 732 g/mol. The molecule has 0 spiro atoms. The van der Waals surface area contributed by atoms with E-state index in [9.17, 15) is 0 Å². The molecule has 9 aromatic rings. The first kappa shape index (κ1) is 35.3. The molecule has 0 bridgehead atoms. The van der Waals surface area contributed by atoms with Crippen LogP contribution in [-0.2, 0) is 0 Å². The zero-order valence-electron chi connectivity index (χ0n) is 31.3. The van der Waals surface area contributed by atoms with E-state index in [0.29, 0.717) is 0 Å². The summed E-state index contributed by atoms with van der Waals surface area (Å²) in [6.07, 6.45) is 3.71. The summed E-state index contributed by atoms with van der Waals surface area (Å²) in [7, 11) is 0. The number of aromatic nitrogens is 2. The second-order valence-electron chi connectivity index (χ2n) is 14.2. The topological polar surface area (TPSA) is 63.8 Å². The molecule has 4 nitrogen and oxygen atoms in total. The summed E-state index contributed by atoms with van der Waals surface area (Å²) in [6, 6.07) is 71.5. The van der Waals surface area contributed by atoms with E-state index in [1.807, 2.05) is 42.6 Å². The highest BCUT2D eigenvalue weighted by atomic mass is 14.9. The standard InChI is InChI=1S/C53H40N4/c54-53(42-20-11-4-12-21-42)49-28-27-43(38-16-7-2-8-17-38)33-52(49)56-48-31-45(44-22-13-29-55-36-44)30-47(32-48)51-35-46(39-18-9-3-10-19-39)34-50(57-51)41-25-23-40(24-26-41)37-14-5-1-6-15-37/h1-36,53,56H,54H2. The molecule has 0 saturated carbocycles. The summed E-state index contributed by atoms with van der Waals surface area (Å²) in [6.45, 7) is 0. The van der Waals surface area contributed by atoms with Gasteiger partial charge in [0.1, 0.15) is 0 Å². The lowest BCUT2D eigenvalue weighted by Crippen LogP contribution is -2.14. The summed E-state index contributed by atoms with van der Waals surface area (Å²) >= 11 is 0. The Morgan fingerprint density at radius 3 is 1.51 bits per heavy atom. The van der Waals surface area contributed by atoms with Crippen LogP contribution in [0, 0.1) is 0 Å². The SMILES string of the molecule is NC(c1ccccc1)c1ccc(-c2ccccc2)cc1Nc1cc(-c2cccnc2)cc(-c2cc(-c3ccccc3)cc(-c3ccc(-c4ccccc4)cc3)n2)c1. The van der Waals surface area contributed by atoms with Crippen molar-refractivity contribution in [1.29, 1.82) is 0 Å². The Labute approximate surface area is 334 Å². The third-order valence-corrected chi connectivity index (χ3v) is 10.4. The van der Waals surface area contributed by atoms with Crippen LogP contribution in [-0.4, -0.2) is 9.97 Å². The van der Waals surface area contributed by atoms with Crippen LogP contribution in [0.3, 0.4) is 0 Å². The van der Waals surface area contributed by atoms with Gasteiger partial charge in [0.15, 0.2) is 0 Å². The molecule has 0 radical (unpaired) electrons. The molecular formula is C53H40N4. The van der Waals surface area contributed by atoms with Gasteiger partial charge in [0.05, 0.1) is 17.4 Å². The molecule has 0 amide bonds. The number of rotatable bonds is 10. The minimum Gasteiger partial charge on any atom is -0.355 e. The van der Waals surface area contributed by atoms with E-state index in [4.69, 9.17) is 10.7 Å². The van der Waals surface area contributed by atoms with Gasteiger partial charge in [-0.2, -0.15) is 0 Å². The average molecular weight is 733 g/mol. The van der Waals surface area contributed by atoms with Crippen LogP contribution in [0.1, 0.15) is 17.2 Å². The normalized spacial score (nSPS) is 11.5. The minimum absolute atomic E-state index is 0.334. The number of benzene rings is 7. The van der Waals surface area contributed by atoms with Crippen molar-refractivity contribution in [2.24, 2.45) is 5.73 Å². The summed E-state index contributed by atoms with van der Waals surface area (Å²) in [4.78, 5) is 9.84. The number of nitrogens with one attached hydrogen (secondary N) is 1. The van der Waals surface area contributed by atoms with Crippen LogP contribution in [0.4, 0.5) is 11.4 Å². The molecule has 4 heteroatoms. The molecular weight excluding hydrogens is 693 g/mol. The van der Waals surface area contributed by atoms with E-state index in [1.54, 1.807) is 6.20 Å². The molecule has 0 aliphatic carbocycles. The first-order chi connectivity index (χ1) is 28.1. The Hall–Kier alpha value is -7.40. The molecule has 7 aromatic carbocycles. The first-order valence-corrected chi connectivity index (χ1v) is 19.2. The van der Waals surface area contributed by atoms with Gasteiger partial charge in [-0.05, 0) is 92.5 Å². The van der Waals surface area contributed by atoms with Crippen molar-refractivity contribution in [2.75, 3.05) is 5.32 Å². The van der Waals surface area contributed by atoms with Crippen molar-refractivity contribution in [3.63, 3.8) is 0 Å². The Kier molecular flexibility index (Phi) is 10.00. The van der Waals surface area contributed by atoms with Crippen molar-refractivity contribution in [2.45, 2.75) is 6.04 Å². The van der Waals surface area contributed by atoms with E-state index in [1.165, 1.54) is 11.1 Å². The van der Waals surface area contributed by atoms with Gasteiger partial charge in [-0.15, -0.1) is 0 Å². The largest absolute Gasteiger partial charge is 0.355 e. The molecule has 0 aliphatic heterocycles. The van der Waals surface area contributed by atoms with Crippen LogP contribution in [0.2, 0.25) is 0 Å². The predicted molar refractivity (Wildman–Crippen MR) is 237 cm³/mol. The fraction of sp³-hybridized carbons (Fsp3) is 0.0189. The second kappa shape index (κ2) is 16.1. The molecule has 0 saturated heterocycles. The van der Waals surface area contributed by atoms with E-state index in [2.05, 4.69) is 180 Å². The number of anilines is 2.